The van der Waals surface area contributed by atoms with Crippen molar-refractivity contribution in [3.8, 4) is 0 Å². The van der Waals surface area contributed by atoms with Crippen LogP contribution in [0.5, 0.6) is 0 Å². The molecule has 130 valence electrons. The highest BCUT2D eigenvalue weighted by molar-refractivity contribution is 14.0. The number of hydrogen-bond donors (Lipinski definition) is 1. The van der Waals surface area contributed by atoms with Crippen molar-refractivity contribution >= 4 is 29.9 Å². The van der Waals surface area contributed by atoms with Crippen LogP contribution in [-0.4, -0.2) is 80.1 Å². The fourth-order valence-electron chi connectivity index (χ4n) is 3.46. The predicted molar refractivity (Wildman–Crippen MR) is 105 cm³/mol. The largest absolute Gasteiger partial charge is 0.370 e. The van der Waals surface area contributed by atoms with E-state index in [1.165, 1.54) is 38.8 Å². The normalized spacial score (nSPS) is 25.4. The Labute approximate surface area is 153 Å². The topological polar surface area (TPSA) is 48.1 Å². The van der Waals surface area contributed by atoms with Crippen molar-refractivity contribution in [2.75, 3.05) is 53.4 Å². The maximum absolute atomic E-state index is 6.14. The van der Waals surface area contributed by atoms with Crippen LogP contribution in [0.25, 0.3) is 0 Å². The molecule has 0 aromatic carbocycles. The van der Waals surface area contributed by atoms with Gasteiger partial charge in [0.1, 0.15) is 0 Å². The summed E-state index contributed by atoms with van der Waals surface area (Å²) in [5.74, 6) is 1.50. The van der Waals surface area contributed by atoms with Crippen LogP contribution in [0.15, 0.2) is 4.99 Å². The van der Waals surface area contributed by atoms with Crippen LogP contribution in [0.4, 0.5) is 0 Å². The first-order chi connectivity index (χ1) is 10.1. The molecule has 0 aromatic heterocycles. The van der Waals surface area contributed by atoms with Gasteiger partial charge in [0.05, 0.1) is 6.54 Å². The van der Waals surface area contributed by atoms with Gasteiger partial charge in [-0.05, 0) is 58.8 Å². The van der Waals surface area contributed by atoms with Gasteiger partial charge in [0, 0.05) is 25.7 Å². The molecule has 5 nitrogen and oxygen atoms in total. The lowest BCUT2D eigenvalue weighted by Gasteiger charge is -2.35. The summed E-state index contributed by atoms with van der Waals surface area (Å²) in [6.45, 7) is 8.72. The summed E-state index contributed by atoms with van der Waals surface area (Å²) in [7, 11) is 4.37. The quantitative estimate of drug-likeness (QED) is 0.425. The first-order valence-electron chi connectivity index (χ1n) is 8.50. The summed E-state index contributed by atoms with van der Waals surface area (Å²) in [6.07, 6.45) is 5.12. The maximum Gasteiger partial charge on any atom is 0.191 e. The SMILES string of the molecule is CC1CCCN(C(N)=NCCN2CCC(N(C)C)CC2)C1.I. The van der Waals surface area contributed by atoms with E-state index in [9.17, 15) is 0 Å². The van der Waals surface area contributed by atoms with Crippen LogP contribution in [0.1, 0.15) is 32.6 Å². The lowest BCUT2D eigenvalue weighted by molar-refractivity contribution is 0.148. The van der Waals surface area contributed by atoms with E-state index >= 15 is 0 Å². The first kappa shape index (κ1) is 20.0. The Kier molecular flexibility index (Phi) is 9.01. The molecule has 2 aliphatic rings. The van der Waals surface area contributed by atoms with Crippen LogP contribution in [-0.2, 0) is 0 Å². The van der Waals surface area contributed by atoms with Gasteiger partial charge in [-0.1, -0.05) is 6.92 Å². The smallest absolute Gasteiger partial charge is 0.191 e. The maximum atomic E-state index is 6.14. The molecule has 6 heteroatoms. The zero-order valence-corrected chi connectivity index (χ0v) is 16.8. The van der Waals surface area contributed by atoms with Gasteiger partial charge in [0.25, 0.3) is 0 Å². The Balaban J connectivity index is 0.00000242. The summed E-state index contributed by atoms with van der Waals surface area (Å²) in [5, 5.41) is 0. The highest BCUT2D eigenvalue weighted by Crippen LogP contribution is 2.15. The molecule has 0 bridgehead atoms. The van der Waals surface area contributed by atoms with Crippen LogP contribution in [0.3, 0.4) is 0 Å². The molecule has 1 atom stereocenters. The molecule has 2 N–H and O–H groups in total. The van der Waals surface area contributed by atoms with Gasteiger partial charge in [0.15, 0.2) is 5.96 Å². The predicted octanol–water partition coefficient (Wildman–Crippen LogP) is 1.68. The Bertz CT molecular complexity index is 339. The van der Waals surface area contributed by atoms with Crippen molar-refractivity contribution < 1.29 is 0 Å². The van der Waals surface area contributed by atoms with E-state index in [0.29, 0.717) is 0 Å². The van der Waals surface area contributed by atoms with Gasteiger partial charge in [-0.15, -0.1) is 24.0 Å². The third-order valence-corrected chi connectivity index (χ3v) is 4.96. The van der Waals surface area contributed by atoms with E-state index in [1.807, 2.05) is 0 Å². The van der Waals surface area contributed by atoms with E-state index in [-0.39, 0.29) is 24.0 Å². The molecular formula is C16H34IN5. The number of aliphatic imine (C=N–C) groups is 1. The summed E-state index contributed by atoms with van der Waals surface area (Å²) in [5.41, 5.74) is 6.14. The third kappa shape index (κ3) is 6.20. The number of likely N-dealkylation sites (tertiary alicyclic amines) is 2. The van der Waals surface area contributed by atoms with Gasteiger partial charge in [0.2, 0.25) is 0 Å². The van der Waals surface area contributed by atoms with Gasteiger partial charge in [-0.25, -0.2) is 0 Å². The van der Waals surface area contributed by atoms with Gasteiger partial charge < -0.3 is 20.4 Å². The van der Waals surface area contributed by atoms with Crippen LogP contribution < -0.4 is 5.73 Å². The minimum atomic E-state index is 0. The number of nitrogens with two attached hydrogens (primary N) is 1. The average molecular weight is 423 g/mol. The van der Waals surface area contributed by atoms with E-state index in [0.717, 1.165) is 44.1 Å². The number of hydrogen-bond acceptors (Lipinski definition) is 3. The van der Waals surface area contributed by atoms with Crippen LogP contribution in [0, 0.1) is 5.92 Å². The fraction of sp³-hybridized carbons (Fsp3) is 0.938. The fourth-order valence-corrected chi connectivity index (χ4v) is 3.46. The van der Waals surface area contributed by atoms with Crippen molar-refractivity contribution in [3.05, 3.63) is 0 Å². The van der Waals surface area contributed by atoms with Gasteiger partial charge in [-0.2, -0.15) is 0 Å². The van der Waals surface area contributed by atoms with E-state index in [4.69, 9.17) is 5.73 Å². The highest BCUT2D eigenvalue weighted by Gasteiger charge is 2.20. The Morgan fingerprint density at radius 3 is 2.45 bits per heavy atom. The average Bonchev–Trinajstić information content (AvgIpc) is 2.47. The third-order valence-electron chi connectivity index (χ3n) is 4.96. The number of nitrogens with zero attached hydrogens (tertiary/aromatic N) is 4. The van der Waals surface area contributed by atoms with Crippen molar-refractivity contribution in [3.63, 3.8) is 0 Å². The molecule has 2 saturated heterocycles. The molecule has 2 fully saturated rings. The molecule has 0 aliphatic carbocycles. The van der Waals surface area contributed by atoms with E-state index in [2.05, 4.69) is 40.7 Å². The van der Waals surface area contributed by atoms with Crippen molar-refractivity contribution in [2.24, 2.45) is 16.6 Å². The standard InChI is InChI=1S/C16H33N5.HI/c1-14-5-4-9-21(13-14)16(17)18-8-12-20-10-6-15(7-11-20)19(2)3;/h14-15H,4-13H2,1-3H3,(H2,17,18);1H. The monoisotopic (exact) mass is 423 g/mol. The second-order valence-corrected chi connectivity index (χ2v) is 6.97. The van der Waals surface area contributed by atoms with Crippen molar-refractivity contribution in [2.45, 2.75) is 38.6 Å². The Hall–Kier alpha value is -0.0800. The minimum absolute atomic E-state index is 0. The molecule has 22 heavy (non-hydrogen) atoms. The van der Waals surface area contributed by atoms with E-state index in [1.54, 1.807) is 0 Å². The molecule has 0 saturated carbocycles. The minimum Gasteiger partial charge on any atom is -0.370 e. The molecule has 0 amide bonds. The zero-order chi connectivity index (χ0) is 15.2. The molecule has 2 rings (SSSR count). The lowest BCUT2D eigenvalue weighted by Crippen LogP contribution is -2.44. The van der Waals surface area contributed by atoms with Gasteiger partial charge >= 0.3 is 0 Å². The van der Waals surface area contributed by atoms with E-state index < -0.39 is 0 Å². The van der Waals surface area contributed by atoms with Crippen LogP contribution >= 0.6 is 24.0 Å². The second-order valence-electron chi connectivity index (χ2n) is 6.97. The highest BCUT2D eigenvalue weighted by atomic mass is 127. The van der Waals surface area contributed by atoms with Crippen LogP contribution in [0.2, 0.25) is 0 Å². The molecule has 0 aromatic rings. The van der Waals surface area contributed by atoms with Crippen molar-refractivity contribution in [1.29, 1.82) is 0 Å². The molecule has 2 heterocycles. The van der Waals surface area contributed by atoms with Crippen molar-refractivity contribution in [1.82, 2.24) is 14.7 Å². The molecule has 2 aliphatic heterocycles. The number of halogens is 1. The summed E-state index contributed by atoms with van der Waals surface area (Å²) < 4.78 is 0. The summed E-state index contributed by atoms with van der Waals surface area (Å²) in [4.78, 5) is 11.7. The molecule has 1 unspecified atom stereocenters. The molecule has 0 radical (unpaired) electrons. The first-order valence-corrected chi connectivity index (χ1v) is 8.50. The molecule has 0 spiro atoms. The number of piperidine rings is 2. The lowest BCUT2D eigenvalue weighted by atomic mass is 10.0. The zero-order valence-electron chi connectivity index (χ0n) is 14.5. The molecular weight excluding hydrogens is 389 g/mol. The summed E-state index contributed by atoms with van der Waals surface area (Å²) in [6, 6.07) is 0.754. The van der Waals surface area contributed by atoms with Gasteiger partial charge in [-0.3, -0.25) is 4.99 Å². The Morgan fingerprint density at radius 2 is 1.86 bits per heavy atom. The number of guanidine groups is 1. The summed E-state index contributed by atoms with van der Waals surface area (Å²) >= 11 is 0. The second kappa shape index (κ2) is 9.93. The number of rotatable bonds is 4. The Morgan fingerprint density at radius 1 is 1.18 bits per heavy atom.